The predicted molar refractivity (Wildman–Crippen MR) is 95.9 cm³/mol. The van der Waals surface area contributed by atoms with E-state index in [1.807, 2.05) is 6.92 Å². The minimum absolute atomic E-state index is 0.0212. The Hall–Kier alpha value is -2.83. The molecule has 0 unspecified atom stereocenters. The summed E-state index contributed by atoms with van der Waals surface area (Å²) in [5.41, 5.74) is 5.57. The number of nitrogens with zero attached hydrogens (tertiary/aromatic N) is 2. The fraction of sp³-hybridized carbons (Fsp3) is 0.389. The molecule has 1 heterocycles. The Morgan fingerprint density at radius 1 is 1.32 bits per heavy atom. The van der Waals surface area contributed by atoms with Crippen LogP contribution in [0.25, 0.3) is 0 Å². The summed E-state index contributed by atoms with van der Waals surface area (Å²) in [6.07, 6.45) is -0.946. The van der Waals surface area contributed by atoms with E-state index in [1.165, 1.54) is 11.7 Å². The van der Waals surface area contributed by atoms with E-state index in [9.17, 15) is 9.59 Å². The average Bonchev–Trinajstić information content (AvgIpc) is 2.97. The Labute approximate surface area is 150 Å². The summed E-state index contributed by atoms with van der Waals surface area (Å²) in [4.78, 5) is 24.7. The summed E-state index contributed by atoms with van der Waals surface area (Å²) in [7, 11) is 1.48. The SMILES string of the molecule is [2H]C([2H])(CC)c1nn(C)c(C(N)=O)c1NC(=O)c1ccccc1OCCC. The summed E-state index contributed by atoms with van der Waals surface area (Å²) in [6.45, 7) is 4.06. The highest BCUT2D eigenvalue weighted by Crippen LogP contribution is 2.25. The lowest BCUT2D eigenvalue weighted by Crippen LogP contribution is -2.21. The van der Waals surface area contributed by atoms with Crippen LogP contribution < -0.4 is 15.8 Å². The molecule has 1 aromatic carbocycles. The number of benzene rings is 1. The topological polar surface area (TPSA) is 99.2 Å². The summed E-state index contributed by atoms with van der Waals surface area (Å²) in [5, 5.41) is 6.70. The zero-order valence-corrected chi connectivity index (χ0v) is 14.6. The highest BCUT2D eigenvalue weighted by atomic mass is 16.5. The lowest BCUT2D eigenvalue weighted by Gasteiger charge is -2.12. The van der Waals surface area contributed by atoms with Crippen molar-refractivity contribution in [1.82, 2.24) is 9.78 Å². The smallest absolute Gasteiger partial charge is 0.269 e. The fourth-order valence-corrected chi connectivity index (χ4v) is 2.39. The monoisotopic (exact) mass is 346 g/mol. The zero-order chi connectivity index (χ0) is 20.2. The van der Waals surface area contributed by atoms with Gasteiger partial charge >= 0.3 is 0 Å². The largest absolute Gasteiger partial charge is 0.493 e. The van der Waals surface area contributed by atoms with E-state index >= 15 is 0 Å². The summed E-state index contributed by atoms with van der Waals surface area (Å²) >= 11 is 0. The molecule has 134 valence electrons. The molecule has 25 heavy (non-hydrogen) atoms. The molecule has 2 rings (SSSR count). The van der Waals surface area contributed by atoms with Crippen LogP contribution in [-0.2, 0) is 13.4 Å². The molecular weight excluding hydrogens is 320 g/mol. The number of carbonyl (C=O) groups excluding carboxylic acids is 2. The molecule has 0 saturated heterocycles. The van der Waals surface area contributed by atoms with Gasteiger partial charge in [-0.3, -0.25) is 14.3 Å². The van der Waals surface area contributed by atoms with Crippen LogP contribution in [0.15, 0.2) is 24.3 Å². The van der Waals surface area contributed by atoms with Crippen molar-refractivity contribution in [2.45, 2.75) is 33.1 Å². The molecular formula is C18H24N4O3. The predicted octanol–water partition coefficient (Wildman–Crippen LogP) is 2.51. The van der Waals surface area contributed by atoms with Crippen molar-refractivity contribution < 1.29 is 17.1 Å². The van der Waals surface area contributed by atoms with E-state index in [0.717, 1.165) is 6.42 Å². The molecule has 0 bridgehead atoms. The first-order valence-corrected chi connectivity index (χ1v) is 8.13. The average molecular weight is 346 g/mol. The number of hydrogen-bond donors (Lipinski definition) is 2. The van der Waals surface area contributed by atoms with Crippen LogP contribution in [0.4, 0.5) is 5.69 Å². The third-order valence-corrected chi connectivity index (χ3v) is 3.46. The van der Waals surface area contributed by atoms with Crippen molar-refractivity contribution in [2.75, 3.05) is 11.9 Å². The van der Waals surface area contributed by atoms with Crippen LogP contribution >= 0.6 is 0 Å². The molecule has 0 saturated carbocycles. The number of ether oxygens (including phenoxy) is 1. The molecule has 0 atom stereocenters. The summed E-state index contributed by atoms with van der Waals surface area (Å²) < 4.78 is 23.1. The van der Waals surface area contributed by atoms with E-state index in [0.29, 0.717) is 12.4 Å². The Balaban J connectivity index is 2.48. The van der Waals surface area contributed by atoms with E-state index in [2.05, 4.69) is 10.4 Å². The number of carbonyl (C=O) groups is 2. The normalized spacial score (nSPS) is 12.3. The van der Waals surface area contributed by atoms with Gasteiger partial charge in [-0.25, -0.2) is 0 Å². The number of primary amides is 1. The van der Waals surface area contributed by atoms with Gasteiger partial charge in [0, 0.05) is 9.79 Å². The van der Waals surface area contributed by atoms with E-state index < -0.39 is 18.2 Å². The van der Waals surface area contributed by atoms with Crippen LogP contribution in [0.3, 0.4) is 0 Å². The number of anilines is 1. The second kappa shape index (κ2) is 8.32. The molecule has 3 N–H and O–H groups in total. The van der Waals surface area contributed by atoms with Gasteiger partial charge in [-0.05, 0) is 24.9 Å². The molecule has 7 nitrogen and oxygen atoms in total. The van der Waals surface area contributed by atoms with Gasteiger partial charge < -0.3 is 15.8 Å². The van der Waals surface area contributed by atoms with Crippen molar-refractivity contribution in [1.29, 1.82) is 0 Å². The van der Waals surface area contributed by atoms with Gasteiger partial charge in [-0.15, -0.1) is 0 Å². The maximum Gasteiger partial charge on any atom is 0.269 e. The quantitative estimate of drug-likeness (QED) is 0.767. The van der Waals surface area contributed by atoms with Crippen molar-refractivity contribution in [3.05, 3.63) is 41.2 Å². The van der Waals surface area contributed by atoms with Crippen LogP contribution in [0.5, 0.6) is 5.75 Å². The third kappa shape index (κ3) is 4.17. The second-order valence-electron chi connectivity index (χ2n) is 5.39. The maximum atomic E-state index is 12.8. The molecule has 0 fully saturated rings. The summed E-state index contributed by atoms with van der Waals surface area (Å²) in [5.74, 6) is -0.944. The van der Waals surface area contributed by atoms with Crippen molar-refractivity contribution in [3.63, 3.8) is 0 Å². The Morgan fingerprint density at radius 3 is 2.68 bits per heavy atom. The first kappa shape index (κ1) is 15.7. The highest BCUT2D eigenvalue weighted by molar-refractivity contribution is 6.09. The molecule has 0 spiro atoms. The highest BCUT2D eigenvalue weighted by Gasteiger charge is 2.23. The zero-order valence-electron chi connectivity index (χ0n) is 16.6. The number of aromatic nitrogens is 2. The van der Waals surface area contributed by atoms with Gasteiger partial charge in [0.1, 0.15) is 11.4 Å². The van der Waals surface area contributed by atoms with E-state index in [-0.39, 0.29) is 29.1 Å². The fourth-order valence-electron chi connectivity index (χ4n) is 2.39. The second-order valence-corrected chi connectivity index (χ2v) is 5.39. The number of amides is 2. The molecule has 7 heteroatoms. The van der Waals surface area contributed by atoms with Gasteiger partial charge in [0.05, 0.1) is 23.6 Å². The van der Waals surface area contributed by atoms with Crippen molar-refractivity contribution >= 4 is 17.5 Å². The van der Waals surface area contributed by atoms with Crippen LogP contribution in [0, 0.1) is 0 Å². The first-order valence-electron chi connectivity index (χ1n) is 9.13. The van der Waals surface area contributed by atoms with E-state index in [1.54, 1.807) is 31.2 Å². The van der Waals surface area contributed by atoms with E-state index in [4.69, 9.17) is 13.2 Å². The maximum absolute atomic E-state index is 12.8. The van der Waals surface area contributed by atoms with Gasteiger partial charge in [-0.2, -0.15) is 5.10 Å². The van der Waals surface area contributed by atoms with Gasteiger partial charge in [-0.1, -0.05) is 32.4 Å². The number of rotatable bonds is 8. The number of para-hydroxylation sites is 1. The van der Waals surface area contributed by atoms with Crippen molar-refractivity contribution in [3.8, 4) is 5.75 Å². The van der Waals surface area contributed by atoms with Gasteiger partial charge in [0.2, 0.25) is 0 Å². The Bertz CT molecular complexity index is 849. The van der Waals surface area contributed by atoms with Crippen molar-refractivity contribution in [2.24, 2.45) is 12.8 Å². The molecule has 2 aromatic rings. The number of aryl methyl sites for hydroxylation is 2. The molecule has 2 amide bonds. The minimum atomic E-state index is -1.84. The Kier molecular flexibility index (Phi) is 5.22. The number of nitrogens with one attached hydrogen (secondary N) is 1. The van der Waals surface area contributed by atoms with Crippen LogP contribution in [-0.4, -0.2) is 28.2 Å². The molecule has 1 aromatic heterocycles. The third-order valence-electron chi connectivity index (χ3n) is 3.46. The minimum Gasteiger partial charge on any atom is -0.493 e. The lowest BCUT2D eigenvalue weighted by atomic mass is 10.1. The summed E-state index contributed by atoms with van der Waals surface area (Å²) in [6, 6.07) is 6.71. The van der Waals surface area contributed by atoms with Gasteiger partial charge in [0.25, 0.3) is 11.8 Å². The standard InChI is InChI=1S/C18H24N4O3/c1-4-8-13-15(16(17(19)23)22(3)21-13)20-18(24)12-9-6-7-10-14(12)25-11-5-2/h6-7,9-10H,4-5,8,11H2,1-3H3,(H2,19,23)(H,20,24)/i8D2. The number of nitrogens with two attached hydrogens (primary N) is 1. The molecule has 0 radical (unpaired) electrons. The molecule has 0 aliphatic carbocycles. The van der Waals surface area contributed by atoms with Crippen LogP contribution in [0.2, 0.25) is 0 Å². The van der Waals surface area contributed by atoms with Gasteiger partial charge in [0.15, 0.2) is 0 Å². The van der Waals surface area contributed by atoms with Crippen LogP contribution in [0.1, 0.15) is 56.0 Å². The lowest BCUT2D eigenvalue weighted by molar-refractivity contribution is 0.0992. The Morgan fingerprint density at radius 2 is 2.04 bits per heavy atom. The molecule has 0 aliphatic rings. The molecule has 0 aliphatic heterocycles. The first-order chi connectivity index (χ1) is 12.7. The number of hydrogen-bond acceptors (Lipinski definition) is 4.